The number of sulfonamides is 1. The summed E-state index contributed by atoms with van der Waals surface area (Å²) in [5.74, 6) is 0.624. The summed E-state index contributed by atoms with van der Waals surface area (Å²) in [6, 6.07) is 5.16. The van der Waals surface area contributed by atoms with Gasteiger partial charge >= 0.3 is 0 Å². The van der Waals surface area contributed by atoms with Gasteiger partial charge in [-0.3, -0.25) is 4.79 Å². The number of amides is 1. The van der Waals surface area contributed by atoms with Gasteiger partial charge in [0.25, 0.3) is 5.78 Å². The van der Waals surface area contributed by atoms with E-state index in [0.717, 1.165) is 17.0 Å². The Morgan fingerprint density at radius 2 is 2.00 bits per heavy atom. The minimum Gasteiger partial charge on any atom is -0.312 e. The number of carbonyl (C=O) groups excluding carboxylic acids is 1. The SMILES string of the molecule is CC(=O)N1CCc2cc(Br)c(S(=O)(=O)NCc3nc4nc(C)cc(C)n4n3)cc21. The van der Waals surface area contributed by atoms with E-state index in [0.29, 0.717) is 34.7 Å². The van der Waals surface area contributed by atoms with Crippen LogP contribution in [0.4, 0.5) is 5.69 Å². The smallest absolute Gasteiger partial charge is 0.252 e. The molecular weight excluding hydrogens is 460 g/mol. The van der Waals surface area contributed by atoms with Crippen LogP contribution in [-0.4, -0.2) is 40.5 Å². The highest BCUT2D eigenvalue weighted by atomic mass is 79.9. The van der Waals surface area contributed by atoms with E-state index in [9.17, 15) is 13.2 Å². The quantitative estimate of drug-likeness (QED) is 0.612. The molecule has 1 aliphatic rings. The van der Waals surface area contributed by atoms with Gasteiger partial charge in [0.2, 0.25) is 15.9 Å². The fraction of sp³-hybridized carbons (Fsp3) is 0.333. The highest BCUT2D eigenvalue weighted by Crippen LogP contribution is 2.35. The topological polar surface area (TPSA) is 110 Å². The van der Waals surface area contributed by atoms with Crippen molar-refractivity contribution in [1.29, 1.82) is 0 Å². The maximum Gasteiger partial charge on any atom is 0.252 e. The number of anilines is 1. The van der Waals surface area contributed by atoms with E-state index >= 15 is 0 Å². The molecule has 1 aliphatic heterocycles. The largest absolute Gasteiger partial charge is 0.312 e. The molecule has 2 aromatic heterocycles. The molecule has 11 heteroatoms. The fourth-order valence-corrected chi connectivity index (χ4v) is 5.53. The van der Waals surface area contributed by atoms with Crippen LogP contribution in [0.5, 0.6) is 0 Å². The van der Waals surface area contributed by atoms with Gasteiger partial charge in [0.15, 0.2) is 5.82 Å². The Morgan fingerprint density at radius 3 is 2.72 bits per heavy atom. The van der Waals surface area contributed by atoms with Crippen molar-refractivity contribution in [2.45, 2.75) is 38.6 Å². The zero-order chi connectivity index (χ0) is 20.9. The molecular formula is C18H19BrN6O3S. The molecule has 29 heavy (non-hydrogen) atoms. The van der Waals surface area contributed by atoms with Crippen molar-refractivity contribution in [1.82, 2.24) is 24.3 Å². The van der Waals surface area contributed by atoms with Gasteiger partial charge in [-0.25, -0.2) is 22.6 Å². The summed E-state index contributed by atoms with van der Waals surface area (Å²) in [4.78, 5) is 22.1. The van der Waals surface area contributed by atoms with Crippen molar-refractivity contribution in [2.24, 2.45) is 0 Å². The van der Waals surface area contributed by atoms with Gasteiger partial charge in [0.1, 0.15) is 0 Å². The molecule has 9 nitrogen and oxygen atoms in total. The van der Waals surface area contributed by atoms with E-state index in [4.69, 9.17) is 0 Å². The lowest BCUT2D eigenvalue weighted by Gasteiger charge is -2.16. The lowest BCUT2D eigenvalue weighted by molar-refractivity contribution is -0.116. The van der Waals surface area contributed by atoms with Gasteiger partial charge in [0.05, 0.1) is 11.4 Å². The van der Waals surface area contributed by atoms with Crippen LogP contribution in [0.15, 0.2) is 27.6 Å². The molecule has 4 rings (SSSR count). The summed E-state index contributed by atoms with van der Waals surface area (Å²) in [5.41, 5.74) is 3.23. The number of nitrogens with one attached hydrogen (secondary N) is 1. The predicted molar refractivity (Wildman–Crippen MR) is 110 cm³/mol. The average Bonchev–Trinajstić information content (AvgIpc) is 3.22. The summed E-state index contributed by atoms with van der Waals surface area (Å²) in [6.07, 6.45) is 0.693. The van der Waals surface area contributed by atoms with Crippen LogP contribution in [0.25, 0.3) is 5.78 Å². The van der Waals surface area contributed by atoms with Crippen molar-refractivity contribution >= 4 is 43.3 Å². The second-order valence-electron chi connectivity index (χ2n) is 6.94. The number of rotatable bonds is 4. The second kappa shape index (κ2) is 7.15. The van der Waals surface area contributed by atoms with Crippen molar-refractivity contribution in [3.8, 4) is 0 Å². The molecule has 1 aromatic carbocycles. The first-order chi connectivity index (χ1) is 13.7. The third-order valence-corrected chi connectivity index (χ3v) is 7.14. The minimum absolute atomic E-state index is 0.0679. The number of nitrogens with zero attached hydrogens (tertiary/aromatic N) is 5. The van der Waals surface area contributed by atoms with Crippen molar-refractivity contribution < 1.29 is 13.2 Å². The van der Waals surface area contributed by atoms with Gasteiger partial charge < -0.3 is 4.90 Å². The van der Waals surface area contributed by atoms with E-state index in [-0.39, 0.29) is 17.3 Å². The monoisotopic (exact) mass is 478 g/mol. The van der Waals surface area contributed by atoms with Crippen molar-refractivity contribution in [3.63, 3.8) is 0 Å². The van der Waals surface area contributed by atoms with Gasteiger partial charge in [-0.2, -0.15) is 4.98 Å². The van der Waals surface area contributed by atoms with Crippen LogP contribution in [-0.2, 0) is 27.8 Å². The van der Waals surface area contributed by atoms with Crippen LogP contribution < -0.4 is 9.62 Å². The maximum atomic E-state index is 12.9. The van der Waals surface area contributed by atoms with Crippen molar-refractivity contribution in [3.05, 3.63) is 45.4 Å². The van der Waals surface area contributed by atoms with Gasteiger partial charge in [-0.05, 0) is 60.0 Å². The summed E-state index contributed by atoms with van der Waals surface area (Å²) < 4.78 is 30.4. The first-order valence-electron chi connectivity index (χ1n) is 8.96. The Kier molecular flexibility index (Phi) is 4.91. The lowest BCUT2D eigenvalue weighted by Crippen LogP contribution is -2.27. The first-order valence-corrected chi connectivity index (χ1v) is 11.2. The molecule has 0 atom stereocenters. The molecule has 0 saturated heterocycles. The highest BCUT2D eigenvalue weighted by Gasteiger charge is 2.27. The Balaban J connectivity index is 1.62. The number of aryl methyl sites for hydroxylation is 2. The Morgan fingerprint density at radius 1 is 1.24 bits per heavy atom. The van der Waals surface area contributed by atoms with E-state index in [1.807, 2.05) is 19.9 Å². The third kappa shape index (κ3) is 3.65. The predicted octanol–water partition coefficient (Wildman–Crippen LogP) is 1.89. The van der Waals surface area contributed by atoms with Gasteiger partial charge in [-0.15, -0.1) is 5.10 Å². The van der Waals surface area contributed by atoms with E-state index in [1.54, 1.807) is 15.5 Å². The van der Waals surface area contributed by atoms with Crippen LogP contribution in [0, 0.1) is 13.8 Å². The Bertz CT molecular complexity index is 1250. The number of hydrogen-bond donors (Lipinski definition) is 1. The molecule has 0 fully saturated rings. The molecule has 3 heterocycles. The molecule has 152 valence electrons. The summed E-state index contributed by atoms with van der Waals surface area (Å²) in [5, 5.41) is 4.32. The standard InChI is InChI=1S/C18H19BrN6O3S/c1-10-6-11(2)25-18(21-10)22-17(23-25)9-20-29(27,28)16-8-15-13(7-14(16)19)4-5-24(15)12(3)26/h6-8,20H,4-5,9H2,1-3H3. The summed E-state index contributed by atoms with van der Waals surface area (Å²) in [6.45, 7) is 5.68. The highest BCUT2D eigenvalue weighted by molar-refractivity contribution is 9.10. The number of benzene rings is 1. The summed E-state index contributed by atoms with van der Waals surface area (Å²) >= 11 is 3.35. The lowest BCUT2D eigenvalue weighted by atomic mass is 10.2. The van der Waals surface area contributed by atoms with Gasteiger partial charge in [0, 0.05) is 35.0 Å². The molecule has 0 bridgehead atoms. The molecule has 0 saturated carbocycles. The molecule has 3 aromatic rings. The van der Waals surface area contributed by atoms with E-state index in [2.05, 4.69) is 35.7 Å². The maximum absolute atomic E-state index is 12.9. The van der Waals surface area contributed by atoms with Crippen LogP contribution in [0.3, 0.4) is 0 Å². The first kappa shape index (κ1) is 19.9. The number of fused-ring (bicyclic) bond motifs is 2. The average molecular weight is 479 g/mol. The van der Waals surface area contributed by atoms with Crippen LogP contribution in [0.2, 0.25) is 0 Å². The van der Waals surface area contributed by atoms with Gasteiger partial charge in [-0.1, -0.05) is 0 Å². The normalized spacial score (nSPS) is 13.9. The number of carbonyl (C=O) groups is 1. The molecule has 0 aliphatic carbocycles. The molecule has 1 N–H and O–H groups in total. The molecule has 0 radical (unpaired) electrons. The van der Waals surface area contributed by atoms with Crippen LogP contribution in [0.1, 0.15) is 29.7 Å². The van der Waals surface area contributed by atoms with E-state index in [1.165, 1.54) is 13.0 Å². The minimum atomic E-state index is -3.86. The Hall–Kier alpha value is -2.37. The summed E-state index contributed by atoms with van der Waals surface area (Å²) in [7, 11) is -3.86. The van der Waals surface area contributed by atoms with Crippen LogP contribution >= 0.6 is 15.9 Å². The zero-order valence-electron chi connectivity index (χ0n) is 16.1. The molecule has 0 unspecified atom stereocenters. The number of aromatic nitrogens is 4. The third-order valence-electron chi connectivity index (χ3n) is 4.78. The fourth-order valence-electron chi connectivity index (χ4n) is 3.44. The van der Waals surface area contributed by atoms with E-state index < -0.39 is 10.0 Å². The van der Waals surface area contributed by atoms with Crippen molar-refractivity contribution in [2.75, 3.05) is 11.4 Å². The molecule has 0 spiro atoms. The number of halogens is 1. The Labute approximate surface area is 176 Å². The second-order valence-corrected chi connectivity index (χ2v) is 9.52. The zero-order valence-corrected chi connectivity index (χ0v) is 18.5. The number of hydrogen-bond acceptors (Lipinski definition) is 6. The molecule has 1 amide bonds.